The highest BCUT2D eigenvalue weighted by molar-refractivity contribution is 6.17. The van der Waals surface area contributed by atoms with Crippen LogP contribution in [0.2, 0.25) is 0 Å². The minimum Gasteiger partial charge on any atom is -0.497 e. The third kappa shape index (κ3) is 6.35. The molecule has 0 amide bonds. The van der Waals surface area contributed by atoms with E-state index in [9.17, 15) is 0 Å². The molecule has 0 aliphatic heterocycles. The van der Waals surface area contributed by atoms with Crippen molar-refractivity contribution in [2.24, 2.45) is 5.41 Å². The summed E-state index contributed by atoms with van der Waals surface area (Å²) < 4.78 is 5.21. The predicted molar refractivity (Wildman–Crippen MR) is 87.5 cm³/mol. The van der Waals surface area contributed by atoms with Crippen molar-refractivity contribution in [1.29, 1.82) is 0 Å². The van der Waals surface area contributed by atoms with Gasteiger partial charge in [-0.05, 0) is 51.3 Å². The van der Waals surface area contributed by atoms with Gasteiger partial charge in [0.25, 0.3) is 0 Å². The van der Waals surface area contributed by atoms with Crippen molar-refractivity contribution in [1.82, 2.24) is 0 Å². The molecule has 110 valence electrons. The average molecular weight is 293 g/mol. The Morgan fingerprint density at radius 2 is 1.80 bits per heavy atom. The first kappa shape index (κ1) is 16.9. The van der Waals surface area contributed by atoms with Gasteiger partial charge in [0.2, 0.25) is 0 Å². The Bertz CT molecular complexity index is 445. The largest absolute Gasteiger partial charge is 0.497 e. The Morgan fingerprint density at radius 1 is 1.15 bits per heavy atom. The zero-order valence-electron chi connectivity index (χ0n) is 13.0. The molecular weight excluding hydrogens is 268 g/mol. The first-order valence-electron chi connectivity index (χ1n) is 7.19. The second-order valence-corrected chi connectivity index (χ2v) is 6.41. The number of alkyl halides is 1. The van der Waals surface area contributed by atoms with Gasteiger partial charge in [-0.15, -0.1) is 11.6 Å². The van der Waals surface area contributed by atoms with Gasteiger partial charge in [0.1, 0.15) is 5.75 Å². The number of hydrogen-bond acceptors (Lipinski definition) is 1. The fraction of sp³-hybridized carbons (Fsp3) is 0.556. The van der Waals surface area contributed by atoms with E-state index in [2.05, 4.69) is 44.7 Å². The van der Waals surface area contributed by atoms with E-state index in [1.807, 2.05) is 12.1 Å². The summed E-state index contributed by atoms with van der Waals surface area (Å²) in [6.45, 7) is 6.43. The number of rotatable bonds is 6. The molecule has 0 fully saturated rings. The second-order valence-electron chi connectivity index (χ2n) is 6.03. The molecule has 0 saturated carbocycles. The Hall–Kier alpha value is -1.13. The van der Waals surface area contributed by atoms with Gasteiger partial charge in [0.15, 0.2) is 0 Å². The fourth-order valence-corrected chi connectivity index (χ4v) is 2.09. The van der Waals surface area contributed by atoms with Crippen LogP contribution in [-0.2, 0) is 0 Å². The summed E-state index contributed by atoms with van der Waals surface area (Å²) in [5.74, 6) is 8.69. The van der Waals surface area contributed by atoms with Crippen molar-refractivity contribution >= 4 is 11.6 Å². The van der Waals surface area contributed by atoms with Crippen LogP contribution in [-0.4, -0.2) is 13.0 Å². The summed E-state index contributed by atoms with van der Waals surface area (Å²) in [6.07, 6.45) is 3.21. The van der Waals surface area contributed by atoms with E-state index in [1.54, 1.807) is 7.11 Å². The lowest BCUT2D eigenvalue weighted by molar-refractivity contribution is 0.414. The van der Waals surface area contributed by atoms with E-state index in [0.717, 1.165) is 30.9 Å². The summed E-state index contributed by atoms with van der Waals surface area (Å²) in [5, 5.41) is 0. The molecule has 0 spiro atoms. The number of ether oxygens (including phenoxy) is 1. The zero-order chi connectivity index (χ0) is 15.0. The summed E-state index contributed by atoms with van der Waals surface area (Å²) in [5.41, 5.74) is 1.30. The number of benzene rings is 1. The molecular formula is C18H25ClO. The van der Waals surface area contributed by atoms with Crippen molar-refractivity contribution in [3.8, 4) is 17.6 Å². The first-order valence-corrected chi connectivity index (χ1v) is 7.72. The highest BCUT2D eigenvalue weighted by atomic mass is 35.5. The van der Waals surface area contributed by atoms with Gasteiger partial charge >= 0.3 is 0 Å². The SMILES string of the molecule is COc1ccc([C@H](C#CC(C)(C)C)CCCCCl)cc1. The van der Waals surface area contributed by atoms with Gasteiger partial charge in [0, 0.05) is 17.2 Å². The van der Waals surface area contributed by atoms with Gasteiger partial charge in [-0.2, -0.15) is 0 Å². The molecule has 1 aromatic rings. The second kappa shape index (κ2) is 8.22. The maximum Gasteiger partial charge on any atom is 0.118 e. The van der Waals surface area contributed by atoms with E-state index >= 15 is 0 Å². The lowest BCUT2D eigenvalue weighted by Gasteiger charge is -2.14. The average Bonchev–Trinajstić information content (AvgIpc) is 2.42. The van der Waals surface area contributed by atoms with Crippen molar-refractivity contribution < 1.29 is 4.74 Å². The molecule has 0 aliphatic rings. The van der Waals surface area contributed by atoms with Crippen molar-refractivity contribution in [2.75, 3.05) is 13.0 Å². The van der Waals surface area contributed by atoms with E-state index in [-0.39, 0.29) is 11.3 Å². The van der Waals surface area contributed by atoms with Crippen molar-refractivity contribution in [2.45, 2.75) is 46.0 Å². The molecule has 0 unspecified atom stereocenters. The van der Waals surface area contributed by atoms with Crippen LogP contribution in [0.3, 0.4) is 0 Å². The topological polar surface area (TPSA) is 9.23 Å². The third-order valence-electron chi connectivity index (χ3n) is 3.02. The highest BCUT2D eigenvalue weighted by Crippen LogP contribution is 2.25. The molecule has 0 aromatic heterocycles. The first-order chi connectivity index (χ1) is 9.46. The lowest BCUT2D eigenvalue weighted by atomic mass is 9.91. The number of halogens is 1. The summed E-state index contributed by atoms with van der Waals surface area (Å²) in [6, 6.07) is 8.23. The molecule has 1 atom stereocenters. The highest BCUT2D eigenvalue weighted by Gasteiger charge is 2.10. The standard InChI is InChI=1S/C18H25ClO/c1-18(2,3)13-12-15(7-5-6-14-19)16-8-10-17(20-4)11-9-16/h8-11,15H,5-7,14H2,1-4H3/t15-/m0/s1. The van der Waals surface area contributed by atoms with Crippen LogP contribution in [0.4, 0.5) is 0 Å². The Kier molecular flexibility index (Phi) is 6.96. The maximum atomic E-state index is 5.77. The van der Waals surface area contributed by atoms with Crippen LogP contribution in [0, 0.1) is 17.3 Å². The predicted octanol–water partition coefficient (Wildman–Crippen LogP) is 5.24. The van der Waals surface area contributed by atoms with Gasteiger partial charge in [-0.3, -0.25) is 0 Å². The molecule has 1 aromatic carbocycles. The molecule has 20 heavy (non-hydrogen) atoms. The van der Waals surface area contributed by atoms with Crippen LogP contribution in [0.5, 0.6) is 5.75 Å². The summed E-state index contributed by atoms with van der Waals surface area (Å²) in [4.78, 5) is 0. The molecule has 0 bridgehead atoms. The molecule has 1 rings (SSSR count). The van der Waals surface area contributed by atoms with Gasteiger partial charge in [-0.25, -0.2) is 0 Å². The third-order valence-corrected chi connectivity index (χ3v) is 3.28. The van der Waals surface area contributed by atoms with Crippen molar-refractivity contribution in [3.05, 3.63) is 29.8 Å². The summed E-state index contributed by atoms with van der Waals surface area (Å²) in [7, 11) is 1.69. The quantitative estimate of drug-likeness (QED) is 0.396. The molecule has 2 heteroatoms. The van der Waals surface area contributed by atoms with Crippen LogP contribution in [0.25, 0.3) is 0 Å². The molecule has 0 heterocycles. The molecule has 0 aliphatic carbocycles. The number of hydrogen-bond donors (Lipinski definition) is 0. The molecule has 0 N–H and O–H groups in total. The van der Waals surface area contributed by atoms with Crippen LogP contribution in [0.1, 0.15) is 51.5 Å². The van der Waals surface area contributed by atoms with E-state index in [4.69, 9.17) is 16.3 Å². The smallest absolute Gasteiger partial charge is 0.118 e. The van der Waals surface area contributed by atoms with Gasteiger partial charge in [0.05, 0.1) is 7.11 Å². The Labute approximate surface area is 128 Å². The fourth-order valence-electron chi connectivity index (χ4n) is 1.90. The maximum absolute atomic E-state index is 5.77. The number of methoxy groups -OCH3 is 1. The van der Waals surface area contributed by atoms with Crippen molar-refractivity contribution in [3.63, 3.8) is 0 Å². The molecule has 0 saturated heterocycles. The van der Waals surface area contributed by atoms with E-state index in [0.29, 0.717) is 0 Å². The van der Waals surface area contributed by atoms with Crippen LogP contribution < -0.4 is 4.74 Å². The van der Waals surface area contributed by atoms with E-state index < -0.39 is 0 Å². The van der Waals surface area contributed by atoms with Gasteiger partial charge in [-0.1, -0.05) is 30.4 Å². The monoisotopic (exact) mass is 292 g/mol. The van der Waals surface area contributed by atoms with Gasteiger partial charge < -0.3 is 4.74 Å². The zero-order valence-corrected chi connectivity index (χ0v) is 13.8. The number of unbranched alkanes of at least 4 members (excludes halogenated alkanes) is 1. The molecule has 1 nitrogen and oxygen atoms in total. The van der Waals surface area contributed by atoms with Crippen LogP contribution in [0.15, 0.2) is 24.3 Å². The lowest BCUT2D eigenvalue weighted by Crippen LogP contribution is -2.03. The Morgan fingerprint density at radius 3 is 2.30 bits per heavy atom. The summed E-state index contributed by atoms with van der Waals surface area (Å²) >= 11 is 5.77. The Balaban J connectivity index is 2.86. The van der Waals surface area contributed by atoms with Crippen LogP contribution >= 0.6 is 11.6 Å². The minimum atomic E-state index is 0.0389. The minimum absolute atomic E-state index is 0.0389. The normalized spacial score (nSPS) is 12.4. The van der Waals surface area contributed by atoms with E-state index in [1.165, 1.54) is 5.56 Å². The molecule has 0 radical (unpaired) electrons.